The van der Waals surface area contributed by atoms with Crippen LogP contribution in [0.3, 0.4) is 0 Å². The molecule has 1 aromatic heterocycles. The Labute approximate surface area is 129 Å². The van der Waals surface area contributed by atoms with E-state index in [2.05, 4.69) is 28.7 Å². The maximum Gasteiger partial charge on any atom is 0.237 e. The number of carbonyl (C=O) groups is 1. The summed E-state index contributed by atoms with van der Waals surface area (Å²) in [6.07, 6.45) is 0. The summed E-state index contributed by atoms with van der Waals surface area (Å²) in [6, 6.07) is 8.01. The molecule has 2 aromatic rings. The molecule has 0 fully saturated rings. The number of aromatic nitrogens is 1. The van der Waals surface area contributed by atoms with Crippen molar-refractivity contribution in [1.29, 1.82) is 0 Å². The second-order valence-electron chi connectivity index (χ2n) is 5.38. The Kier molecular flexibility index (Phi) is 5.07. The Hall–Kier alpha value is -1.75. The molecular weight excluding hydrogens is 284 g/mol. The Morgan fingerprint density at radius 1 is 1.33 bits per heavy atom. The maximum absolute atomic E-state index is 11.9. The lowest BCUT2D eigenvalue weighted by molar-refractivity contribution is -0.113. The predicted octanol–water partition coefficient (Wildman–Crippen LogP) is 4.15. The number of hydrogen-bond donors (Lipinski definition) is 1. The standard InChI is InChI=1S/C16H20N2O2S/c1-10(2)13-8-16(20-18-13)17-15(19)9-21-14-7-11(3)5-6-12(14)4/h5-8,10H,9H2,1-4H3,(H,17,19). The van der Waals surface area contributed by atoms with E-state index in [1.54, 1.807) is 6.07 Å². The minimum absolute atomic E-state index is 0.0904. The van der Waals surface area contributed by atoms with Crippen molar-refractivity contribution in [2.45, 2.75) is 38.5 Å². The molecule has 0 bridgehead atoms. The van der Waals surface area contributed by atoms with E-state index in [0.717, 1.165) is 10.6 Å². The first-order chi connectivity index (χ1) is 9.95. The van der Waals surface area contributed by atoms with Gasteiger partial charge < -0.3 is 4.52 Å². The van der Waals surface area contributed by atoms with Gasteiger partial charge in [-0.2, -0.15) is 0 Å². The van der Waals surface area contributed by atoms with Crippen LogP contribution >= 0.6 is 11.8 Å². The molecule has 0 saturated heterocycles. The summed E-state index contributed by atoms with van der Waals surface area (Å²) in [6.45, 7) is 8.15. The smallest absolute Gasteiger partial charge is 0.237 e. The zero-order valence-electron chi connectivity index (χ0n) is 12.8. The molecule has 1 aromatic carbocycles. The summed E-state index contributed by atoms with van der Waals surface area (Å²) in [7, 11) is 0. The highest BCUT2D eigenvalue weighted by molar-refractivity contribution is 8.00. The monoisotopic (exact) mass is 304 g/mol. The van der Waals surface area contributed by atoms with Gasteiger partial charge in [0.2, 0.25) is 11.8 Å². The third-order valence-electron chi connectivity index (χ3n) is 3.08. The van der Waals surface area contributed by atoms with Gasteiger partial charge in [-0.05, 0) is 31.4 Å². The Morgan fingerprint density at radius 2 is 2.10 bits per heavy atom. The number of nitrogens with zero attached hydrogens (tertiary/aromatic N) is 1. The Balaban J connectivity index is 1.91. The number of benzene rings is 1. The molecule has 1 N–H and O–H groups in total. The van der Waals surface area contributed by atoms with Crippen LogP contribution in [-0.4, -0.2) is 16.8 Å². The third kappa shape index (κ3) is 4.36. The van der Waals surface area contributed by atoms with Crippen molar-refractivity contribution >= 4 is 23.6 Å². The molecule has 5 heteroatoms. The molecule has 0 saturated carbocycles. The van der Waals surface area contributed by atoms with Crippen LogP contribution in [0.5, 0.6) is 0 Å². The van der Waals surface area contributed by atoms with E-state index in [9.17, 15) is 4.79 Å². The van der Waals surface area contributed by atoms with Gasteiger partial charge in [-0.1, -0.05) is 36.7 Å². The highest BCUT2D eigenvalue weighted by Crippen LogP contribution is 2.24. The minimum atomic E-state index is -0.0904. The third-order valence-corrected chi connectivity index (χ3v) is 4.24. The van der Waals surface area contributed by atoms with E-state index in [1.807, 2.05) is 27.7 Å². The summed E-state index contributed by atoms with van der Waals surface area (Å²) in [5.74, 6) is 0.948. The lowest BCUT2D eigenvalue weighted by Gasteiger charge is -2.06. The van der Waals surface area contributed by atoms with Gasteiger partial charge in [0.15, 0.2) is 0 Å². The molecule has 0 aliphatic rings. The molecule has 0 aliphatic carbocycles. The molecule has 112 valence electrons. The van der Waals surface area contributed by atoms with Gasteiger partial charge in [-0.25, -0.2) is 0 Å². The van der Waals surface area contributed by atoms with Gasteiger partial charge in [0.1, 0.15) is 0 Å². The first-order valence-electron chi connectivity index (χ1n) is 6.92. The first-order valence-corrected chi connectivity index (χ1v) is 7.91. The molecule has 4 nitrogen and oxygen atoms in total. The van der Waals surface area contributed by atoms with E-state index in [-0.39, 0.29) is 11.8 Å². The summed E-state index contributed by atoms with van der Waals surface area (Å²) in [5.41, 5.74) is 3.22. The number of hydrogen-bond acceptors (Lipinski definition) is 4. The van der Waals surface area contributed by atoms with E-state index in [0.29, 0.717) is 11.6 Å². The fraction of sp³-hybridized carbons (Fsp3) is 0.375. The van der Waals surface area contributed by atoms with Crippen molar-refractivity contribution in [3.05, 3.63) is 41.1 Å². The largest absolute Gasteiger partial charge is 0.338 e. The number of aryl methyl sites for hydroxylation is 2. The number of anilines is 1. The summed E-state index contributed by atoms with van der Waals surface area (Å²) >= 11 is 1.53. The van der Waals surface area contributed by atoms with Crippen LogP contribution in [0, 0.1) is 13.8 Å². The SMILES string of the molecule is Cc1ccc(C)c(SCC(=O)Nc2cc(C(C)C)no2)c1. The van der Waals surface area contributed by atoms with Crippen LogP contribution in [0.1, 0.15) is 36.6 Å². The molecule has 1 heterocycles. The number of rotatable bonds is 5. The summed E-state index contributed by atoms with van der Waals surface area (Å²) in [4.78, 5) is 13.1. The highest BCUT2D eigenvalue weighted by atomic mass is 32.2. The fourth-order valence-corrected chi connectivity index (χ4v) is 2.72. The quantitative estimate of drug-likeness (QED) is 0.843. The normalized spacial score (nSPS) is 10.9. The van der Waals surface area contributed by atoms with Crippen LogP contribution < -0.4 is 5.32 Å². The molecule has 0 radical (unpaired) electrons. The van der Waals surface area contributed by atoms with E-state index >= 15 is 0 Å². The molecule has 2 rings (SSSR count). The van der Waals surface area contributed by atoms with Crippen molar-refractivity contribution < 1.29 is 9.32 Å². The predicted molar refractivity (Wildman–Crippen MR) is 85.9 cm³/mol. The van der Waals surface area contributed by atoms with Gasteiger partial charge >= 0.3 is 0 Å². The second-order valence-corrected chi connectivity index (χ2v) is 6.39. The zero-order chi connectivity index (χ0) is 15.4. The highest BCUT2D eigenvalue weighted by Gasteiger charge is 2.11. The van der Waals surface area contributed by atoms with Gasteiger partial charge in [0.25, 0.3) is 0 Å². The lowest BCUT2D eigenvalue weighted by Crippen LogP contribution is -2.13. The topological polar surface area (TPSA) is 55.1 Å². The Bertz CT molecular complexity index is 635. The molecular formula is C16H20N2O2S. The Morgan fingerprint density at radius 3 is 2.76 bits per heavy atom. The number of nitrogens with one attached hydrogen (secondary N) is 1. The average Bonchev–Trinajstić information content (AvgIpc) is 2.88. The number of carbonyl (C=O) groups excluding carboxylic acids is 1. The van der Waals surface area contributed by atoms with Crippen LogP contribution in [-0.2, 0) is 4.79 Å². The zero-order valence-corrected chi connectivity index (χ0v) is 13.6. The molecule has 0 aliphatic heterocycles. The molecule has 0 spiro atoms. The van der Waals surface area contributed by atoms with Gasteiger partial charge in [-0.15, -0.1) is 11.8 Å². The van der Waals surface area contributed by atoms with Crippen molar-refractivity contribution in [3.63, 3.8) is 0 Å². The van der Waals surface area contributed by atoms with Crippen molar-refractivity contribution in [2.24, 2.45) is 0 Å². The second kappa shape index (κ2) is 6.80. The summed E-state index contributed by atoms with van der Waals surface area (Å²) in [5, 5.41) is 6.65. The first kappa shape index (κ1) is 15.6. The number of amides is 1. The molecule has 21 heavy (non-hydrogen) atoms. The van der Waals surface area contributed by atoms with Crippen molar-refractivity contribution in [3.8, 4) is 0 Å². The average molecular weight is 304 g/mol. The summed E-state index contributed by atoms with van der Waals surface area (Å²) < 4.78 is 5.10. The van der Waals surface area contributed by atoms with E-state index in [1.165, 1.54) is 22.9 Å². The van der Waals surface area contributed by atoms with Crippen LogP contribution in [0.25, 0.3) is 0 Å². The molecule has 0 unspecified atom stereocenters. The fourth-order valence-electron chi connectivity index (χ4n) is 1.80. The van der Waals surface area contributed by atoms with Crippen LogP contribution in [0.2, 0.25) is 0 Å². The molecule has 0 atom stereocenters. The van der Waals surface area contributed by atoms with Gasteiger partial charge in [-0.3, -0.25) is 10.1 Å². The molecule has 1 amide bonds. The lowest BCUT2D eigenvalue weighted by atomic mass is 10.1. The minimum Gasteiger partial charge on any atom is -0.338 e. The van der Waals surface area contributed by atoms with Crippen molar-refractivity contribution in [2.75, 3.05) is 11.1 Å². The van der Waals surface area contributed by atoms with Crippen molar-refractivity contribution in [1.82, 2.24) is 5.16 Å². The van der Waals surface area contributed by atoms with E-state index in [4.69, 9.17) is 4.52 Å². The van der Waals surface area contributed by atoms with Crippen LogP contribution in [0.15, 0.2) is 33.7 Å². The van der Waals surface area contributed by atoms with Crippen LogP contribution in [0.4, 0.5) is 5.88 Å². The van der Waals surface area contributed by atoms with E-state index < -0.39 is 0 Å². The maximum atomic E-state index is 11.9. The van der Waals surface area contributed by atoms with Gasteiger partial charge in [0.05, 0.1) is 11.4 Å². The van der Waals surface area contributed by atoms with Gasteiger partial charge in [0, 0.05) is 11.0 Å². The number of thioether (sulfide) groups is 1.